The summed E-state index contributed by atoms with van der Waals surface area (Å²) >= 11 is 4.92. The molecule has 1 rings (SSSR count). The van der Waals surface area contributed by atoms with E-state index in [1.165, 1.54) is 0 Å². The van der Waals surface area contributed by atoms with Crippen LogP contribution in [-0.2, 0) is 0 Å². The fourth-order valence-electron chi connectivity index (χ4n) is 1.30. The number of aromatic amines is 1. The van der Waals surface area contributed by atoms with Gasteiger partial charge in [0.05, 0.1) is 5.69 Å². The summed E-state index contributed by atoms with van der Waals surface area (Å²) in [5.74, 6) is 0.721. The van der Waals surface area contributed by atoms with Gasteiger partial charge in [-0.2, -0.15) is 0 Å². The van der Waals surface area contributed by atoms with E-state index in [1.807, 2.05) is 12.2 Å². The molecule has 0 spiro atoms. The highest BCUT2D eigenvalue weighted by molar-refractivity contribution is 7.71. The van der Waals surface area contributed by atoms with Gasteiger partial charge in [-0.15, -0.1) is 0 Å². The van der Waals surface area contributed by atoms with E-state index in [0.717, 1.165) is 29.9 Å². The average molecular weight is 221 g/mol. The van der Waals surface area contributed by atoms with Crippen LogP contribution in [0.2, 0.25) is 0 Å². The molecule has 0 unspecified atom stereocenters. The summed E-state index contributed by atoms with van der Waals surface area (Å²) in [6.07, 6.45) is 7.53. The van der Waals surface area contributed by atoms with Crippen LogP contribution in [0.15, 0.2) is 29.2 Å². The number of allylic oxidation sites excluding steroid dienone is 2. The maximum Gasteiger partial charge on any atom is 0.266 e. The van der Waals surface area contributed by atoms with Crippen LogP contribution in [0.1, 0.15) is 31.2 Å². The maximum atomic E-state index is 5.35. The molecule has 1 aromatic rings. The Morgan fingerprint density at radius 1 is 1.53 bits per heavy atom. The zero-order valence-corrected chi connectivity index (χ0v) is 9.69. The Balaban J connectivity index is 3.09. The number of H-pyrrole nitrogens is 1. The van der Waals surface area contributed by atoms with Gasteiger partial charge in [0.25, 0.3) is 4.84 Å². The number of hydrogen-bond acceptors (Lipinski definition) is 2. The Morgan fingerprint density at radius 3 is 2.80 bits per heavy atom. The Bertz CT molecular complexity index is 437. The molecule has 0 bridgehead atoms. The number of oxazole rings is 1. The van der Waals surface area contributed by atoms with Gasteiger partial charge >= 0.3 is 0 Å². The molecule has 2 nitrogen and oxygen atoms in total. The lowest BCUT2D eigenvalue weighted by Crippen LogP contribution is -1.79. The fourth-order valence-corrected chi connectivity index (χ4v) is 1.50. The van der Waals surface area contributed by atoms with Crippen LogP contribution in [0.25, 0.3) is 12.2 Å². The maximum absolute atomic E-state index is 5.35. The third-order valence-electron chi connectivity index (χ3n) is 2.03. The molecule has 1 aromatic heterocycles. The standard InChI is InChI=1S/C12H15NOS/c1-4-7-9(5-2)8-11-10(6-3)13-12(15)14-11/h5-6,8H,2-4,7H2,1H3,(H,13,15)/b9-8+. The lowest BCUT2D eigenvalue weighted by Gasteiger charge is -1.97. The monoisotopic (exact) mass is 221 g/mol. The van der Waals surface area contributed by atoms with E-state index >= 15 is 0 Å². The fraction of sp³-hybridized carbons (Fsp3) is 0.250. The van der Waals surface area contributed by atoms with Crippen molar-refractivity contribution in [1.29, 1.82) is 0 Å². The topological polar surface area (TPSA) is 28.9 Å². The Labute approximate surface area is 95.0 Å². The molecule has 0 radical (unpaired) electrons. The minimum absolute atomic E-state index is 0.371. The van der Waals surface area contributed by atoms with Crippen LogP contribution in [0.4, 0.5) is 0 Å². The van der Waals surface area contributed by atoms with E-state index in [-0.39, 0.29) is 0 Å². The summed E-state index contributed by atoms with van der Waals surface area (Å²) in [5.41, 5.74) is 1.95. The van der Waals surface area contributed by atoms with Gasteiger partial charge < -0.3 is 9.40 Å². The van der Waals surface area contributed by atoms with Gasteiger partial charge in [0.2, 0.25) is 0 Å². The molecule has 0 saturated heterocycles. The van der Waals surface area contributed by atoms with Crippen LogP contribution < -0.4 is 0 Å². The average Bonchev–Trinajstić information content (AvgIpc) is 2.58. The molecule has 0 aliphatic carbocycles. The normalized spacial score (nSPS) is 11.4. The first-order valence-corrected chi connectivity index (χ1v) is 5.30. The zero-order chi connectivity index (χ0) is 11.3. The van der Waals surface area contributed by atoms with Crippen molar-refractivity contribution in [3.63, 3.8) is 0 Å². The van der Waals surface area contributed by atoms with Crippen LogP contribution in [0.3, 0.4) is 0 Å². The first-order chi connectivity index (χ1) is 7.21. The van der Waals surface area contributed by atoms with Crippen LogP contribution in [-0.4, -0.2) is 4.98 Å². The second-order valence-electron chi connectivity index (χ2n) is 3.17. The Kier molecular flexibility index (Phi) is 4.31. The third kappa shape index (κ3) is 3.06. The molecule has 0 atom stereocenters. The summed E-state index contributed by atoms with van der Waals surface area (Å²) in [6, 6.07) is 0. The van der Waals surface area contributed by atoms with Crippen molar-refractivity contribution >= 4 is 24.4 Å². The number of hydrogen-bond donors (Lipinski definition) is 1. The van der Waals surface area contributed by atoms with Gasteiger partial charge in [0, 0.05) is 0 Å². The van der Waals surface area contributed by atoms with Gasteiger partial charge in [-0.3, -0.25) is 0 Å². The van der Waals surface area contributed by atoms with Gasteiger partial charge in [0.15, 0.2) is 5.76 Å². The van der Waals surface area contributed by atoms with Crippen molar-refractivity contribution in [3.05, 3.63) is 41.1 Å². The molecule has 0 aliphatic rings. The summed E-state index contributed by atoms with van der Waals surface area (Å²) in [7, 11) is 0. The Morgan fingerprint density at radius 2 is 2.27 bits per heavy atom. The van der Waals surface area contributed by atoms with Gasteiger partial charge in [0.1, 0.15) is 0 Å². The van der Waals surface area contributed by atoms with Crippen molar-refractivity contribution in [2.24, 2.45) is 0 Å². The molecular formula is C12H15NOS. The molecule has 3 heteroatoms. The predicted octanol–water partition coefficient (Wildman–Crippen LogP) is 4.35. The highest BCUT2D eigenvalue weighted by atomic mass is 32.1. The highest BCUT2D eigenvalue weighted by Crippen LogP contribution is 2.17. The Hall–Kier alpha value is -1.35. The SMILES string of the molecule is C=C/C(=C\c1oc(=S)[nH]c1C=C)CCC. The van der Waals surface area contributed by atoms with Crippen molar-refractivity contribution < 1.29 is 4.42 Å². The first-order valence-electron chi connectivity index (χ1n) is 4.89. The quantitative estimate of drug-likeness (QED) is 0.591. The second kappa shape index (κ2) is 5.51. The number of rotatable bonds is 5. The van der Waals surface area contributed by atoms with E-state index in [1.54, 1.807) is 6.08 Å². The molecule has 0 saturated carbocycles. The highest BCUT2D eigenvalue weighted by Gasteiger charge is 2.02. The molecule has 0 aromatic carbocycles. The van der Waals surface area contributed by atoms with Crippen LogP contribution in [0, 0.1) is 4.84 Å². The second-order valence-corrected chi connectivity index (χ2v) is 3.54. The summed E-state index contributed by atoms with van der Waals surface area (Å²) < 4.78 is 5.35. The van der Waals surface area contributed by atoms with Gasteiger partial charge in [-0.25, -0.2) is 0 Å². The van der Waals surface area contributed by atoms with E-state index in [0.29, 0.717) is 4.84 Å². The van der Waals surface area contributed by atoms with E-state index in [2.05, 4.69) is 25.1 Å². The number of aromatic nitrogens is 1. The van der Waals surface area contributed by atoms with Crippen molar-refractivity contribution in [2.45, 2.75) is 19.8 Å². The third-order valence-corrected chi connectivity index (χ3v) is 2.21. The zero-order valence-electron chi connectivity index (χ0n) is 8.88. The minimum atomic E-state index is 0.371. The lowest BCUT2D eigenvalue weighted by atomic mass is 10.1. The van der Waals surface area contributed by atoms with Crippen LogP contribution in [0.5, 0.6) is 0 Å². The van der Waals surface area contributed by atoms with Gasteiger partial charge in [-0.1, -0.05) is 32.6 Å². The molecule has 0 fully saturated rings. The summed E-state index contributed by atoms with van der Waals surface area (Å²) in [6.45, 7) is 9.58. The van der Waals surface area contributed by atoms with Crippen molar-refractivity contribution in [1.82, 2.24) is 4.98 Å². The minimum Gasteiger partial charge on any atom is -0.429 e. The van der Waals surface area contributed by atoms with E-state index in [9.17, 15) is 0 Å². The molecule has 80 valence electrons. The molecule has 1 heterocycles. The van der Waals surface area contributed by atoms with E-state index in [4.69, 9.17) is 16.6 Å². The molecule has 0 aliphatic heterocycles. The summed E-state index contributed by atoms with van der Waals surface area (Å²) in [5, 5.41) is 0. The largest absolute Gasteiger partial charge is 0.429 e. The molecular weight excluding hydrogens is 206 g/mol. The lowest BCUT2D eigenvalue weighted by molar-refractivity contribution is 0.531. The molecule has 0 amide bonds. The first kappa shape index (κ1) is 11.7. The molecule has 15 heavy (non-hydrogen) atoms. The molecule has 1 N–H and O–H groups in total. The summed E-state index contributed by atoms with van der Waals surface area (Å²) in [4.78, 5) is 3.29. The smallest absolute Gasteiger partial charge is 0.266 e. The van der Waals surface area contributed by atoms with Crippen molar-refractivity contribution in [2.75, 3.05) is 0 Å². The van der Waals surface area contributed by atoms with E-state index < -0.39 is 0 Å². The van der Waals surface area contributed by atoms with Crippen molar-refractivity contribution in [3.8, 4) is 0 Å². The van der Waals surface area contributed by atoms with Gasteiger partial charge in [-0.05, 0) is 36.4 Å². The van der Waals surface area contributed by atoms with Crippen LogP contribution >= 0.6 is 12.2 Å². The number of nitrogens with one attached hydrogen (secondary N) is 1. The predicted molar refractivity (Wildman–Crippen MR) is 67.1 cm³/mol.